The van der Waals surface area contributed by atoms with Crippen molar-refractivity contribution < 1.29 is 12.8 Å². The third-order valence-electron chi connectivity index (χ3n) is 3.73. The third-order valence-corrected chi connectivity index (χ3v) is 5.39. The van der Waals surface area contributed by atoms with E-state index in [-0.39, 0.29) is 15.9 Å². The minimum absolute atomic E-state index is 0.128. The van der Waals surface area contributed by atoms with Crippen LogP contribution in [0.3, 0.4) is 0 Å². The molecule has 0 atom stereocenters. The lowest BCUT2D eigenvalue weighted by Gasteiger charge is -2.13. The molecule has 1 aromatic heterocycles. The summed E-state index contributed by atoms with van der Waals surface area (Å²) >= 11 is 0. The molecule has 0 N–H and O–H groups in total. The van der Waals surface area contributed by atoms with Crippen molar-refractivity contribution >= 4 is 27.2 Å². The molecule has 7 heteroatoms. The maximum atomic E-state index is 12.5. The number of nitrogens with zero attached hydrogens (tertiary/aromatic N) is 2. The van der Waals surface area contributed by atoms with Crippen LogP contribution < -0.4 is 5.43 Å². The van der Waals surface area contributed by atoms with Crippen LogP contribution in [-0.4, -0.2) is 26.1 Å². The fourth-order valence-corrected chi connectivity index (χ4v) is 3.21. The number of rotatable bonds is 4. The van der Waals surface area contributed by atoms with Gasteiger partial charge in [-0.1, -0.05) is 29.8 Å². The first-order valence-electron chi connectivity index (χ1n) is 7.50. The van der Waals surface area contributed by atoms with Crippen LogP contribution in [0.1, 0.15) is 11.1 Å². The number of sulfonamides is 1. The maximum Gasteiger partial charge on any atom is 0.278 e. The summed E-state index contributed by atoms with van der Waals surface area (Å²) in [7, 11) is -2.46. The van der Waals surface area contributed by atoms with Crippen molar-refractivity contribution in [2.24, 2.45) is 5.10 Å². The zero-order chi connectivity index (χ0) is 18.0. The number of aryl methyl sites for hydroxylation is 1. The Bertz CT molecular complexity index is 1100. The molecule has 128 valence electrons. The SMILES string of the molecule is Cc1ccc(S(=O)(=O)N(C)/N=C/c2coc3ccccc3c2=O)cc1. The second-order valence-corrected chi connectivity index (χ2v) is 7.46. The van der Waals surface area contributed by atoms with Crippen molar-refractivity contribution in [1.82, 2.24) is 4.41 Å². The summed E-state index contributed by atoms with van der Waals surface area (Å²) in [6, 6.07) is 13.3. The van der Waals surface area contributed by atoms with E-state index in [2.05, 4.69) is 5.10 Å². The van der Waals surface area contributed by atoms with Crippen LogP contribution in [0, 0.1) is 6.92 Å². The summed E-state index contributed by atoms with van der Waals surface area (Å²) in [4.78, 5) is 12.5. The Balaban J connectivity index is 1.92. The first-order valence-corrected chi connectivity index (χ1v) is 8.94. The molecule has 0 amide bonds. The van der Waals surface area contributed by atoms with Crippen molar-refractivity contribution in [3.05, 3.63) is 76.1 Å². The zero-order valence-electron chi connectivity index (χ0n) is 13.7. The summed E-state index contributed by atoms with van der Waals surface area (Å²) in [5.41, 5.74) is 1.32. The molecule has 0 aliphatic carbocycles. The maximum absolute atomic E-state index is 12.5. The average molecular weight is 356 g/mol. The highest BCUT2D eigenvalue weighted by Crippen LogP contribution is 2.15. The second-order valence-electron chi connectivity index (χ2n) is 5.51. The summed E-state index contributed by atoms with van der Waals surface area (Å²) in [5, 5.41) is 4.31. The van der Waals surface area contributed by atoms with Gasteiger partial charge in [0.2, 0.25) is 5.43 Å². The number of benzene rings is 2. The highest BCUT2D eigenvalue weighted by atomic mass is 32.2. The molecule has 0 spiro atoms. The van der Waals surface area contributed by atoms with Crippen molar-refractivity contribution in [3.8, 4) is 0 Å². The van der Waals surface area contributed by atoms with Crippen molar-refractivity contribution in [2.75, 3.05) is 7.05 Å². The van der Waals surface area contributed by atoms with Gasteiger partial charge in [0.05, 0.1) is 22.1 Å². The number of hydrazone groups is 1. The van der Waals surface area contributed by atoms with Gasteiger partial charge in [-0.2, -0.15) is 17.9 Å². The fourth-order valence-electron chi connectivity index (χ4n) is 2.25. The molecule has 2 aromatic carbocycles. The molecule has 1 heterocycles. The van der Waals surface area contributed by atoms with E-state index in [0.29, 0.717) is 11.0 Å². The van der Waals surface area contributed by atoms with E-state index in [9.17, 15) is 13.2 Å². The van der Waals surface area contributed by atoms with Gasteiger partial charge in [-0.25, -0.2) is 0 Å². The van der Waals surface area contributed by atoms with Gasteiger partial charge in [0.25, 0.3) is 10.0 Å². The van der Waals surface area contributed by atoms with Crippen LogP contribution in [-0.2, 0) is 10.0 Å². The normalized spacial score (nSPS) is 11.9. The van der Waals surface area contributed by atoms with Gasteiger partial charge in [0.15, 0.2) is 0 Å². The Morgan fingerprint density at radius 3 is 2.48 bits per heavy atom. The monoisotopic (exact) mass is 356 g/mol. The summed E-state index contributed by atoms with van der Waals surface area (Å²) in [6.45, 7) is 1.87. The first kappa shape index (κ1) is 16.9. The molecule has 0 saturated heterocycles. The molecule has 0 radical (unpaired) electrons. The van der Waals surface area contributed by atoms with Gasteiger partial charge in [-0.05, 0) is 31.2 Å². The van der Waals surface area contributed by atoms with E-state index in [1.165, 1.54) is 31.7 Å². The van der Waals surface area contributed by atoms with E-state index in [1.54, 1.807) is 36.4 Å². The molecule has 0 aliphatic heterocycles. The second kappa shape index (κ2) is 6.52. The van der Waals surface area contributed by atoms with Crippen molar-refractivity contribution in [2.45, 2.75) is 11.8 Å². The van der Waals surface area contributed by atoms with Gasteiger partial charge >= 0.3 is 0 Å². The van der Waals surface area contributed by atoms with Crippen LogP contribution in [0.15, 0.2) is 74.0 Å². The lowest BCUT2D eigenvalue weighted by atomic mass is 10.2. The highest BCUT2D eigenvalue weighted by Gasteiger charge is 2.19. The van der Waals surface area contributed by atoms with E-state index < -0.39 is 10.0 Å². The lowest BCUT2D eigenvalue weighted by Crippen LogP contribution is -2.22. The van der Waals surface area contributed by atoms with Crippen molar-refractivity contribution in [1.29, 1.82) is 0 Å². The molecule has 3 rings (SSSR count). The lowest BCUT2D eigenvalue weighted by molar-refractivity contribution is 0.490. The van der Waals surface area contributed by atoms with E-state index in [4.69, 9.17) is 4.42 Å². The largest absolute Gasteiger partial charge is 0.463 e. The Kier molecular flexibility index (Phi) is 4.41. The van der Waals surface area contributed by atoms with E-state index >= 15 is 0 Å². The average Bonchev–Trinajstić information content (AvgIpc) is 2.61. The smallest absolute Gasteiger partial charge is 0.278 e. The quantitative estimate of drug-likeness (QED) is 0.532. The van der Waals surface area contributed by atoms with Gasteiger partial charge < -0.3 is 4.42 Å². The Labute approximate surface area is 145 Å². The minimum Gasteiger partial charge on any atom is -0.463 e. The van der Waals surface area contributed by atoms with Gasteiger partial charge in [-0.3, -0.25) is 4.79 Å². The van der Waals surface area contributed by atoms with Crippen LogP contribution >= 0.6 is 0 Å². The number of hydrogen-bond acceptors (Lipinski definition) is 5. The molecule has 0 unspecified atom stereocenters. The molecule has 0 saturated carbocycles. The molecule has 0 bridgehead atoms. The molecule has 0 aliphatic rings. The summed E-state index contributed by atoms with van der Waals surface area (Å²) < 4.78 is 31.2. The molecule has 6 nitrogen and oxygen atoms in total. The van der Waals surface area contributed by atoms with Crippen LogP contribution in [0.2, 0.25) is 0 Å². The minimum atomic E-state index is -3.78. The zero-order valence-corrected chi connectivity index (χ0v) is 14.5. The van der Waals surface area contributed by atoms with E-state index in [1.807, 2.05) is 6.92 Å². The van der Waals surface area contributed by atoms with Crippen LogP contribution in [0.4, 0.5) is 0 Å². The van der Waals surface area contributed by atoms with Gasteiger partial charge in [0.1, 0.15) is 11.8 Å². The van der Waals surface area contributed by atoms with Crippen LogP contribution in [0.25, 0.3) is 11.0 Å². The highest BCUT2D eigenvalue weighted by molar-refractivity contribution is 7.89. The standard InChI is InChI=1S/C18H16N2O4S/c1-13-7-9-15(10-8-13)25(22,23)20(2)19-11-14-12-24-17-6-4-3-5-16(17)18(14)21/h3-12H,1-2H3/b19-11+. The predicted octanol–water partition coefficient (Wildman–Crippen LogP) is 2.76. The van der Waals surface area contributed by atoms with Crippen LogP contribution in [0.5, 0.6) is 0 Å². The summed E-state index contributed by atoms with van der Waals surface area (Å²) in [5.74, 6) is 0. The molecule has 0 fully saturated rings. The Morgan fingerprint density at radius 1 is 1.08 bits per heavy atom. The number of fused-ring (bicyclic) bond motifs is 1. The number of para-hydroxylation sites is 1. The van der Waals surface area contributed by atoms with Gasteiger partial charge in [0, 0.05) is 7.05 Å². The molecule has 25 heavy (non-hydrogen) atoms. The van der Waals surface area contributed by atoms with E-state index in [0.717, 1.165) is 9.98 Å². The number of hydrogen-bond donors (Lipinski definition) is 0. The Hall–Kier alpha value is -2.93. The third kappa shape index (κ3) is 3.32. The first-order chi connectivity index (χ1) is 11.9. The molecule has 3 aromatic rings. The molecular formula is C18H16N2O4S. The summed E-state index contributed by atoms with van der Waals surface area (Å²) in [6.07, 6.45) is 2.45. The topological polar surface area (TPSA) is 80.0 Å². The van der Waals surface area contributed by atoms with Crippen molar-refractivity contribution in [3.63, 3.8) is 0 Å². The molecular weight excluding hydrogens is 340 g/mol. The fraction of sp³-hybridized carbons (Fsp3) is 0.111. The van der Waals surface area contributed by atoms with Gasteiger partial charge in [-0.15, -0.1) is 0 Å². The Morgan fingerprint density at radius 2 is 1.76 bits per heavy atom. The predicted molar refractivity (Wildman–Crippen MR) is 96.2 cm³/mol.